The van der Waals surface area contributed by atoms with E-state index in [1.807, 2.05) is 0 Å². The molecule has 0 aromatic rings. The van der Waals surface area contributed by atoms with Gasteiger partial charge in [0, 0.05) is 0 Å². The highest BCUT2D eigenvalue weighted by Crippen LogP contribution is 2.52. The van der Waals surface area contributed by atoms with E-state index in [1.54, 1.807) is 0 Å². The summed E-state index contributed by atoms with van der Waals surface area (Å²) >= 11 is 0. The van der Waals surface area contributed by atoms with E-state index >= 15 is 0 Å². The first kappa shape index (κ1) is 50.0. The lowest BCUT2D eigenvalue weighted by Crippen LogP contribution is -2.44. The lowest BCUT2D eigenvalue weighted by molar-refractivity contribution is -0.163. The van der Waals surface area contributed by atoms with Crippen molar-refractivity contribution in [3.05, 3.63) is 0 Å². The zero-order valence-electron chi connectivity index (χ0n) is 37.1. The summed E-state index contributed by atoms with van der Waals surface area (Å²) < 4.78 is 17.3. The maximum Gasteiger partial charge on any atom is 0.342 e. The number of carbonyl (C=O) groups is 2. The first-order chi connectivity index (χ1) is 27.2. The van der Waals surface area contributed by atoms with Gasteiger partial charge < -0.3 is 14.2 Å². The molecular formula is C50H94O5. The van der Waals surface area contributed by atoms with Gasteiger partial charge in [-0.15, -0.1) is 0 Å². The fourth-order valence-corrected chi connectivity index (χ4v) is 9.03. The van der Waals surface area contributed by atoms with Crippen LogP contribution in [0.5, 0.6) is 0 Å². The van der Waals surface area contributed by atoms with E-state index in [1.165, 1.54) is 218 Å². The maximum atomic E-state index is 13.2. The SMILES string of the molecule is CCCCCCCCCCCCCCCCCCCCCOC(=O)C1CCCC2OC21C(=O)OCCCCCCCCCCCCCCCCCCCCC. The van der Waals surface area contributed by atoms with Crippen LogP contribution in [0.4, 0.5) is 0 Å². The van der Waals surface area contributed by atoms with Gasteiger partial charge in [-0.25, -0.2) is 4.79 Å². The van der Waals surface area contributed by atoms with Crippen molar-refractivity contribution in [2.24, 2.45) is 5.92 Å². The van der Waals surface area contributed by atoms with Crippen LogP contribution in [0, 0.1) is 5.92 Å². The van der Waals surface area contributed by atoms with Crippen LogP contribution < -0.4 is 0 Å². The van der Waals surface area contributed by atoms with Crippen molar-refractivity contribution < 1.29 is 23.8 Å². The molecule has 0 radical (unpaired) electrons. The molecule has 55 heavy (non-hydrogen) atoms. The van der Waals surface area contributed by atoms with E-state index in [9.17, 15) is 9.59 Å². The first-order valence-corrected chi connectivity index (χ1v) is 25.2. The second-order valence-corrected chi connectivity index (χ2v) is 17.9. The summed E-state index contributed by atoms with van der Waals surface area (Å²) in [4.78, 5) is 26.3. The Morgan fingerprint density at radius 1 is 0.418 bits per heavy atom. The van der Waals surface area contributed by atoms with Crippen molar-refractivity contribution in [3.63, 3.8) is 0 Å². The van der Waals surface area contributed by atoms with E-state index in [-0.39, 0.29) is 18.0 Å². The lowest BCUT2D eigenvalue weighted by atomic mass is 9.79. The van der Waals surface area contributed by atoms with Gasteiger partial charge in [0.05, 0.1) is 25.2 Å². The predicted molar refractivity (Wildman–Crippen MR) is 234 cm³/mol. The van der Waals surface area contributed by atoms with Gasteiger partial charge in [0.25, 0.3) is 0 Å². The molecule has 5 heteroatoms. The summed E-state index contributed by atoms with van der Waals surface area (Å²) in [6, 6.07) is 0. The summed E-state index contributed by atoms with van der Waals surface area (Å²) in [7, 11) is 0. The number of hydrogen-bond acceptors (Lipinski definition) is 5. The zero-order valence-corrected chi connectivity index (χ0v) is 37.1. The Morgan fingerprint density at radius 2 is 0.709 bits per heavy atom. The van der Waals surface area contributed by atoms with Crippen molar-refractivity contribution in [3.8, 4) is 0 Å². The molecule has 3 atom stereocenters. The molecule has 1 heterocycles. The van der Waals surface area contributed by atoms with Crippen molar-refractivity contribution in [2.45, 2.75) is 289 Å². The van der Waals surface area contributed by atoms with E-state index in [0.717, 1.165) is 38.5 Å². The van der Waals surface area contributed by atoms with E-state index < -0.39 is 11.5 Å². The minimum Gasteiger partial charge on any atom is -0.465 e. The highest BCUT2D eigenvalue weighted by atomic mass is 16.7. The van der Waals surface area contributed by atoms with Gasteiger partial charge in [-0.05, 0) is 32.1 Å². The molecule has 1 saturated carbocycles. The van der Waals surface area contributed by atoms with Gasteiger partial charge in [-0.1, -0.05) is 245 Å². The molecule has 2 rings (SSSR count). The summed E-state index contributed by atoms with van der Waals surface area (Å²) in [5.74, 6) is -1.10. The van der Waals surface area contributed by atoms with E-state index in [2.05, 4.69) is 13.8 Å². The molecule has 0 spiro atoms. The molecule has 3 unspecified atom stereocenters. The molecule has 2 aliphatic rings. The molecule has 5 nitrogen and oxygen atoms in total. The third-order valence-electron chi connectivity index (χ3n) is 12.8. The monoisotopic (exact) mass is 775 g/mol. The molecule has 1 aliphatic carbocycles. The molecule has 2 fully saturated rings. The van der Waals surface area contributed by atoms with Crippen LogP contribution in [-0.2, 0) is 23.8 Å². The standard InChI is InChI=1S/C50H94O5/c1-3-5-7-9-11-13-15-17-19-21-23-25-27-29-31-33-35-37-39-44-53-48(51)46-42-41-43-47-50(46,55-47)49(52)54-45-40-38-36-34-32-30-28-26-24-22-20-18-16-14-12-10-8-6-4-2/h46-47H,3-45H2,1-2H3. The van der Waals surface area contributed by atoms with Crippen molar-refractivity contribution in [2.75, 3.05) is 13.2 Å². The second-order valence-electron chi connectivity index (χ2n) is 17.9. The molecule has 0 amide bonds. The number of esters is 2. The van der Waals surface area contributed by atoms with Crippen LogP contribution in [0.25, 0.3) is 0 Å². The third-order valence-corrected chi connectivity index (χ3v) is 12.8. The van der Waals surface area contributed by atoms with E-state index in [0.29, 0.717) is 19.6 Å². The quantitative estimate of drug-likeness (QED) is 0.0351. The highest BCUT2D eigenvalue weighted by molar-refractivity contribution is 5.91. The van der Waals surface area contributed by atoms with Gasteiger partial charge in [0.2, 0.25) is 5.60 Å². The minimum atomic E-state index is -1.07. The Hall–Kier alpha value is -1.10. The van der Waals surface area contributed by atoms with Gasteiger partial charge in [-0.3, -0.25) is 4.79 Å². The molecule has 0 aromatic carbocycles. The highest BCUT2D eigenvalue weighted by Gasteiger charge is 2.71. The molecule has 0 bridgehead atoms. The average Bonchev–Trinajstić information content (AvgIpc) is 3.96. The van der Waals surface area contributed by atoms with Gasteiger partial charge in [-0.2, -0.15) is 0 Å². The van der Waals surface area contributed by atoms with Crippen LogP contribution in [0.2, 0.25) is 0 Å². The summed E-state index contributed by atoms with van der Waals surface area (Å²) in [5, 5.41) is 0. The summed E-state index contributed by atoms with van der Waals surface area (Å²) in [6.45, 7) is 5.46. The molecule has 1 aliphatic heterocycles. The second kappa shape index (κ2) is 36.0. The predicted octanol–water partition coefficient (Wildman–Crippen LogP) is 15.9. The van der Waals surface area contributed by atoms with Crippen LogP contribution in [0.15, 0.2) is 0 Å². The minimum absolute atomic E-state index is 0.175. The van der Waals surface area contributed by atoms with Crippen LogP contribution >= 0.6 is 0 Å². The molecule has 324 valence electrons. The maximum absolute atomic E-state index is 13.2. The Balaban J connectivity index is 1.36. The van der Waals surface area contributed by atoms with Crippen LogP contribution in [0.1, 0.15) is 277 Å². The van der Waals surface area contributed by atoms with Crippen molar-refractivity contribution >= 4 is 11.9 Å². The Morgan fingerprint density at radius 3 is 1.04 bits per heavy atom. The fraction of sp³-hybridized carbons (Fsp3) is 0.960. The number of ether oxygens (including phenoxy) is 3. The normalized spacial score (nSPS) is 19.0. The molecule has 0 aromatic heterocycles. The Bertz CT molecular complexity index is 874. The topological polar surface area (TPSA) is 65.1 Å². The number of epoxide rings is 1. The number of fused-ring (bicyclic) bond motifs is 1. The number of hydrogen-bond donors (Lipinski definition) is 0. The van der Waals surface area contributed by atoms with Crippen LogP contribution in [-0.4, -0.2) is 36.9 Å². The average molecular weight is 775 g/mol. The smallest absolute Gasteiger partial charge is 0.342 e. The molecule has 1 saturated heterocycles. The van der Waals surface area contributed by atoms with Gasteiger partial charge >= 0.3 is 11.9 Å². The number of unbranched alkanes of at least 4 members (excludes halogenated alkanes) is 36. The number of rotatable bonds is 42. The van der Waals surface area contributed by atoms with Gasteiger partial charge in [0.15, 0.2) is 0 Å². The Kier molecular flexibility index (Phi) is 32.8. The van der Waals surface area contributed by atoms with Crippen molar-refractivity contribution in [1.29, 1.82) is 0 Å². The van der Waals surface area contributed by atoms with Crippen LogP contribution in [0.3, 0.4) is 0 Å². The molecular weight excluding hydrogens is 681 g/mol. The third kappa shape index (κ3) is 25.1. The van der Waals surface area contributed by atoms with E-state index in [4.69, 9.17) is 14.2 Å². The summed E-state index contributed by atoms with van der Waals surface area (Å²) in [5.41, 5.74) is -1.07. The first-order valence-electron chi connectivity index (χ1n) is 25.2. The van der Waals surface area contributed by atoms with Gasteiger partial charge in [0.1, 0.15) is 0 Å². The molecule has 0 N–H and O–H groups in total. The largest absolute Gasteiger partial charge is 0.465 e. The Labute approximate surface area is 342 Å². The lowest BCUT2D eigenvalue weighted by Gasteiger charge is -2.25. The number of carbonyl (C=O) groups excluding carboxylic acids is 2. The zero-order chi connectivity index (χ0) is 39.3. The summed E-state index contributed by atoms with van der Waals surface area (Å²) in [6.07, 6.45) is 53.4. The van der Waals surface area contributed by atoms with Crippen molar-refractivity contribution in [1.82, 2.24) is 0 Å². The fourth-order valence-electron chi connectivity index (χ4n) is 9.03.